The smallest absolute Gasteiger partial charge is 0.338 e. The molecule has 1 amide bonds. The van der Waals surface area contributed by atoms with Crippen molar-refractivity contribution in [1.29, 1.82) is 0 Å². The predicted octanol–water partition coefficient (Wildman–Crippen LogP) is 3.47. The molecule has 2 N–H and O–H groups in total. The Hall–Kier alpha value is -2.84. The Labute approximate surface area is 170 Å². The van der Waals surface area contributed by atoms with E-state index in [1.165, 1.54) is 17.1 Å². The van der Waals surface area contributed by atoms with Crippen LogP contribution in [0, 0.1) is 6.92 Å². The molecule has 2 aromatic heterocycles. The zero-order valence-corrected chi connectivity index (χ0v) is 16.4. The molecule has 0 saturated heterocycles. The van der Waals surface area contributed by atoms with E-state index in [1.807, 2.05) is 13.0 Å². The van der Waals surface area contributed by atoms with Gasteiger partial charge in [-0.3, -0.25) is 14.2 Å². The summed E-state index contributed by atoms with van der Waals surface area (Å²) in [5.74, 6) is -0.862. The van der Waals surface area contributed by atoms with Crippen molar-refractivity contribution in [3.05, 3.63) is 63.5 Å². The third-order valence-corrected chi connectivity index (χ3v) is 4.75. The van der Waals surface area contributed by atoms with Crippen molar-refractivity contribution in [3.8, 4) is 0 Å². The highest BCUT2D eigenvalue weighted by Gasteiger charge is 2.11. The fourth-order valence-electron chi connectivity index (χ4n) is 2.56. The Bertz CT molecular complexity index is 1030. The second-order valence-corrected chi connectivity index (χ2v) is 6.99. The zero-order valence-electron chi connectivity index (χ0n) is 14.9. The van der Waals surface area contributed by atoms with Crippen LogP contribution in [0.3, 0.4) is 0 Å². The lowest BCUT2D eigenvalue weighted by Crippen LogP contribution is -2.15. The van der Waals surface area contributed by atoms with E-state index in [1.54, 1.807) is 22.9 Å². The summed E-state index contributed by atoms with van der Waals surface area (Å²) >= 11 is 12.0. The summed E-state index contributed by atoms with van der Waals surface area (Å²) in [7, 11) is 0. The van der Waals surface area contributed by atoms with Gasteiger partial charge >= 0.3 is 5.97 Å². The number of carboxylic acid groups (broad SMARTS) is 1. The normalized spacial score (nSPS) is 10.8. The summed E-state index contributed by atoms with van der Waals surface area (Å²) in [5, 5.41) is 20.9. The average Bonchev–Trinajstić information content (AvgIpc) is 3.24. The van der Waals surface area contributed by atoms with Crippen LogP contribution in [0.25, 0.3) is 0 Å². The van der Waals surface area contributed by atoms with Gasteiger partial charge in [0, 0.05) is 30.9 Å². The minimum atomic E-state index is -1.06. The molecule has 10 heteroatoms. The predicted molar refractivity (Wildman–Crippen MR) is 105 cm³/mol. The highest BCUT2D eigenvalue weighted by atomic mass is 35.5. The summed E-state index contributed by atoms with van der Waals surface area (Å²) in [4.78, 5) is 23.0. The summed E-state index contributed by atoms with van der Waals surface area (Å²) in [5.41, 5.74) is 1.89. The fraction of sp³-hybridized carbons (Fsp3) is 0.222. The van der Waals surface area contributed by atoms with Crippen molar-refractivity contribution < 1.29 is 14.7 Å². The molecule has 0 radical (unpaired) electrons. The number of halogens is 2. The summed E-state index contributed by atoms with van der Waals surface area (Å²) < 4.78 is 3.17. The van der Waals surface area contributed by atoms with Gasteiger partial charge in [0.2, 0.25) is 5.91 Å². The standard InChI is InChI=1S/C18H17Cl2N5O3/c1-11-6-16(23-25(11)9-12-2-3-14(19)15(20)7-12)22-17(26)4-5-24-10-13(8-21-24)18(27)28/h2-3,6-8,10H,4-5,9H2,1H3,(H,27,28)(H,22,23,26). The minimum absolute atomic E-state index is 0.0806. The topological polar surface area (TPSA) is 102 Å². The first-order chi connectivity index (χ1) is 13.3. The second kappa shape index (κ2) is 8.45. The van der Waals surface area contributed by atoms with E-state index < -0.39 is 5.97 Å². The number of aromatic carboxylic acids is 1. The molecule has 3 rings (SSSR count). The highest BCUT2D eigenvalue weighted by molar-refractivity contribution is 6.42. The maximum atomic E-state index is 12.1. The first kappa shape index (κ1) is 19.9. The van der Waals surface area contributed by atoms with Gasteiger partial charge < -0.3 is 10.4 Å². The monoisotopic (exact) mass is 421 g/mol. The number of anilines is 1. The maximum absolute atomic E-state index is 12.1. The van der Waals surface area contributed by atoms with Gasteiger partial charge in [0.05, 0.1) is 28.4 Å². The maximum Gasteiger partial charge on any atom is 0.338 e. The first-order valence-electron chi connectivity index (χ1n) is 8.36. The summed E-state index contributed by atoms with van der Waals surface area (Å²) in [6.07, 6.45) is 2.76. The third kappa shape index (κ3) is 4.90. The van der Waals surface area contributed by atoms with E-state index in [0.717, 1.165) is 11.3 Å². The molecule has 0 spiro atoms. The highest BCUT2D eigenvalue weighted by Crippen LogP contribution is 2.23. The largest absolute Gasteiger partial charge is 0.478 e. The van der Waals surface area contributed by atoms with Crippen LogP contribution in [0.5, 0.6) is 0 Å². The van der Waals surface area contributed by atoms with Crippen molar-refractivity contribution in [1.82, 2.24) is 19.6 Å². The lowest BCUT2D eigenvalue weighted by atomic mass is 10.2. The van der Waals surface area contributed by atoms with E-state index in [-0.39, 0.29) is 24.4 Å². The molecular weight excluding hydrogens is 405 g/mol. The van der Waals surface area contributed by atoms with Crippen molar-refractivity contribution >= 4 is 40.9 Å². The number of carbonyl (C=O) groups is 2. The van der Waals surface area contributed by atoms with Gasteiger partial charge in [-0.1, -0.05) is 29.3 Å². The van der Waals surface area contributed by atoms with Gasteiger partial charge in [-0.05, 0) is 24.6 Å². The molecule has 8 nitrogen and oxygen atoms in total. The molecule has 0 unspecified atom stereocenters. The molecule has 0 aliphatic heterocycles. The van der Waals surface area contributed by atoms with Gasteiger partial charge in [0.15, 0.2) is 5.82 Å². The van der Waals surface area contributed by atoms with Crippen LogP contribution in [0.15, 0.2) is 36.7 Å². The molecule has 2 heterocycles. The molecule has 146 valence electrons. The number of hydrogen-bond donors (Lipinski definition) is 2. The summed E-state index contributed by atoms with van der Waals surface area (Å²) in [6.45, 7) is 2.64. The van der Waals surface area contributed by atoms with Crippen LogP contribution in [0.4, 0.5) is 5.82 Å². The Morgan fingerprint density at radius 1 is 1.21 bits per heavy atom. The Morgan fingerprint density at radius 2 is 2.00 bits per heavy atom. The molecule has 0 aliphatic rings. The number of carbonyl (C=O) groups excluding carboxylic acids is 1. The molecule has 3 aromatic rings. The van der Waals surface area contributed by atoms with Gasteiger partial charge in [-0.25, -0.2) is 4.79 Å². The Kier molecular flexibility index (Phi) is 6.01. The van der Waals surface area contributed by atoms with Crippen molar-refractivity contribution in [3.63, 3.8) is 0 Å². The van der Waals surface area contributed by atoms with Crippen LogP contribution < -0.4 is 5.32 Å². The van der Waals surface area contributed by atoms with Crippen LogP contribution in [-0.2, 0) is 17.9 Å². The number of nitrogens with one attached hydrogen (secondary N) is 1. The second-order valence-electron chi connectivity index (χ2n) is 6.17. The van der Waals surface area contributed by atoms with E-state index in [4.69, 9.17) is 28.3 Å². The van der Waals surface area contributed by atoms with Crippen LogP contribution in [0.2, 0.25) is 10.0 Å². The van der Waals surface area contributed by atoms with Gasteiger partial charge in [0.25, 0.3) is 0 Å². The molecule has 1 aromatic carbocycles. The third-order valence-electron chi connectivity index (χ3n) is 4.01. The van der Waals surface area contributed by atoms with Gasteiger partial charge in [-0.2, -0.15) is 10.2 Å². The quantitative estimate of drug-likeness (QED) is 0.607. The number of aryl methyl sites for hydroxylation is 2. The Morgan fingerprint density at radius 3 is 2.68 bits per heavy atom. The van der Waals surface area contributed by atoms with Crippen LogP contribution in [-0.4, -0.2) is 36.5 Å². The van der Waals surface area contributed by atoms with Crippen molar-refractivity contribution in [2.24, 2.45) is 0 Å². The molecule has 0 aliphatic carbocycles. The van der Waals surface area contributed by atoms with Crippen molar-refractivity contribution in [2.45, 2.75) is 26.4 Å². The van der Waals surface area contributed by atoms with E-state index in [2.05, 4.69) is 15.5 Å². The molecule has 0 saturated carbocycles. The minimum Gasteiger partial charge on any atom is -0.478 e. The first-order valence-corrected chi connectivity index (χ1v) is 9.11. The SMILES string of the molecule is Cc1cc(NC(=O)CCn2cc(C(=O)O)cn2)nn1Cc1ccc(Cl)c(Cl)c1. The molecule has 28 heavy (non-hydrogen) atoms. The number of aromatic nitrogens is 4. The summed E-state index contributed by atoms with van der Waals surface area (Å²) in [6, 6.07) is 7.14. The number of hydrogen-bond acceptors (Lipinski definition) is 4. The molecular formula is C18H17Cl2N5O3. The molecule has 0 atom stereocenters. The van der Waals surface area contributed by atoms with E-state index in [9.17, 15) is 9.59 Å². The molecule has 0 bridgehead atoms. The number of benzene rings is 1. The zero-order chi connectivity index (χ0) is 20.3. The molecule has 0 fully saturated rings. The lowest BCUT2D eigenvalue weighted by Gasteiger charge is -2.06. The Balaban J connectivity index is 1.58. The van der Waals surface area contributed by atoms with Gasteiger partial charge in [0.1, 0.15) is 0 Å². The lowest BCUT2D eigenvalue weighted by molar-refractivity contribution is -0.116. The average molecular weight is 422 g/mol. The fourth-order valence-corrected chi connectivity index (χ4v) is 2.88. The number of rotatable bonds is 7. The number of carboxylic acids is 1. The van der Waals surface area contributed by atoms with Crippen molar-refractivity contribution in [2.75, 3.05) is 5.32 Å². The number of nitrogens with zero attached hydrogens (tertiary/aromatic N) is 4. The van der Waals surface area contributed by atoms with E-state index >= 15 is 0 Å². The van der Waals surface area contributed by atoms with Gasteiger partial charge in [-0.15, -0.1) is 0 Å². The van der Waals surface area contributed by atoms with Crippen LogP contribution >= 0.6 is 23.2 Å². The van der Waals surface area contributed by atoms with Crippen LogP contribution in [0.1, 0.15) is 28.0 Å². The van der Waals surface area contributed by atoms with E-state index in [0.29, 0.717) is 22.4 Å². The number of amides is 1.